The average molecular weight is 166 g/mol. The van der Waals surface area contributed by atoms with Gasteiger partial charge in [-0.2, -0.15) is 0 Å². The Morgan fingerprint density at radius 1 is 1.45 bits per heavy atom. The molecule has 0 saturated carbocycles. The third-order valence-corrected chi connectivity index (χ3v) is 0.607. The molecule has 0 aromatic rings. The summed E-state index contributed by atoms with van der Waals surface area (Å²) in [6.45, 7) is 2.68. The van der Waals surface area contributed by atoms with Crippen LogP contribution in [0.25, 0.3) is 0 Å². The normalized spacial score (nSPS) is 11.3. The van der Waals surface area contributed by atoms with Crippen LogP contribution in [-0.4, -0.2) is 46.5 Å². The van der Waals surface area contributed by atoms with Crippen LogP contribution in [0.5, 0.6) is 0 Å². The molecule has 0 aliphatic carbocycles. The highest BCUT2D eigenvalue weighted by atomic mass is 17.1. The minimum atomic E-state index is -0.968. The summed E-state index contributed by atoms with van der Waals surface area (Å²) in [6.07, 6.45) is 0.463. The highest BCUT2D eigenvalue weighted by Gasteiger charge is 1.98. The molecule has 0 aliphatic rings. The second-order valence-electron chi connectivity index (χ2n) is 1.60. The predicted octanol–water partition coefficient (Wildman–Crippen LogP) is -1.01. The van der Waals surface area contributed by atoms with Crippen LogP contribution in [0, 0.1) is 0 Å². The Kier molecular flexibility index (Phi) is 14.6. The van der Waals surface area contributed by atoms with Crippen LogP contribution < -0.4 is 0 Å². The Balaban J connectivity index is 0. The maximum absolute atomic E-state index is 8.32. The lowest BCUT2D eigenvalue weighted by molar-refractivity contribution is -0.258. The summed E-state index contributed by atoms with van der Waals surface area (Å²) in [6, 6.07) is 0. The van der Waals surface area contributed by atoms with Gasteiger partial charge in [-0.1, -0.05) is 6.08 Å². The van der Waals surface area contributed by atoms with Crippen LogP contribution >= 0.6 is 0 Å². The van der Waals surface area contributed by atoms with Crippen molar-refractivity contribution in [2.75, 3.05) is 19.8 Å². The zero-order valence-electron chi connectivity index (χ0n) is 6.18. The third kappa shape index (κ3) is 17.7. The Labute approximate surface area is 65.1 Å². The molecule has 4 N–H and O–H groups in total. The van der Waals surface area contributed by atoms with Gasteiger partial charge in [-0.05, 0) is 0 Å². The molecule has 0 heterocycles. The van der Waals surface area contributed by atoms with Crippen molar-refractivity contribution < 1.29 is 25.5 Å². The lowest BCUT2D eigenvalue weighted by Crippen LogP contribution is -2.17. The van der Waals surface area contributed by atoms with Crippen molar-refractivity contribution in [1.82, 2.24) is 0 Å². The van der Waals surface area contributed by atoms with E-state index in [9.17, 15) is 0 Å². The number of hydrogen-bond acceptors (Lipinski definition) is 5. The van der Waals surface area contributed by atoms with Crippen molar-refractivity contribution in [3.8, 4) is 0 Å². The summed E-state index contributed by atoms with van der Waals surface area (Å²) in [5.74, 6) is 0. The number of hydrogen-bond donors (Lipinski definition) is 4. The summed E-state index contributed by atoms with van der Waals surface area (Å²) in [5, 5.41) is 31.7. The minimum Gasteiger partial charge on any atom is -0.394 e. The number of aliphatic hydroxyl groups is 3. The van der Waals surface area contributed by atoms with Gasteiger partial charge in [0, 0.05) is 0 Å². The molecule has 68 valence electrons. The lowest BCUT2D eigenvalue weighted by atomic mass is 10.4. The fraction of sp³-hybridized carbons (Fsp3) is 0.667. The molecule has 0 spiro atoms. The lowest BCUT2D eigenvalue weighted by Gasteiger charge is -2.00. The molecule has 1 atom stereocenters. The molecule has 5 nitrogen and oxygen atoms in total. The number of rotatable bonds is 4. The van der Waals surface area contributed by atoms with E-state index in [1.807, 2.05) is 0 Å². The fourth-order valence-corrected chi connectivity index (χ4v) is 0.139. The molecule has 0 bridgehead atoms. The van der Waals surface area contributed by atoms with Gasteiger partial charge in [-0.15, -0.1) is 6.58 Å². The summed E-state index contributed by atoms with van der Waals surface area (Å²) in [7, 11) is 0. The molecular formula is C6H14O5. The zero-order chi connectivity index (χ0) is 9.11. The predicted molar refractivity (Wildman–Crippen MR) is 39.0 cm³/mol. The molecule has 0 aromatic carbocycles. The van der Waals surface area contributed by atoms with Crippen molar-refractivity contribution in [2.24, 2.45) is 0 Å². The standard InChI is InChI=1S/C3H8O4.C3H6O/c4-1-3(5)2-7-6;1-2-3-4/h3-6H,1-2H2;2,4H,1,3H2. The maximum Gasteiger partial charge on any atom is 0.110 e. The first-order chi connectivity index (χ1) is 5.22. The van der Waals surface area contributed by atoms with E-state index in [4.69, 9.17) is 20.6 Å². The van der Waals surface area contributed by atoms with E-state index in [0.717, 1.165) is 0 Å². The van der Waals surface area contributed by atoms with E-state index >= 15 is 0 Å². The summed E-state index contributed by atoms with van der Waals surface area (Å²) < 4.78 is 0. The molecular weight excluding hydrogens is 152 g/mol. The molecule has 1 unspecified atom stereocenters. The van der Waals surface area contributed by atoms with Gasteiger partial charge in [0.2, 0.25) is 0 Å². The SMILES string of the molecule is C=CCO.OCC(O)COO. The Hall–Kier alpha value is -0.460. The van der Waals surface area contributed by atoms with Crippen LogP contribution in [0.4, 0.5) is 0 Å². The summed E-state index contributed by atoms with van der Waals surface area (Å²) in [5.41, 5.74) is 0. The molecule has 0 rings (SSSR count). The van der Waals surface area contributed by atoms with E-state index in [1.54, 1.807) is 0 Å². The van der Waals surface area contributed by atoms with Gasteiger partial charge < -0.3 is 15.3 Å². The van der Waals surface area contributed by atoms with E-state index in [2.05, 4.69) is 11.5 Å². The Morgan fingerprint density at radius 2 is 1.91 bits per heavy atom. The van der Waals surface area contributed by atoms with Crippen molar-refractivity contribution in [1.29, 1.82) is 0 Å². The minimum absolute atomic E-state index is 0.0833. The maximum atomic E-state index is 8.32. The molecule has 0 radical (unpaired) electrons. The highest BCUT2D eigenvalue weighted by Crippen LogP contribution is 1.77. The second kappa shape index (κ2) is 12.2. The van der Waals surface area contributed by atoms with Gasteiger partial charge in [0.25, 0.3) is 0 Å². The van der Waals surface area contributed by atoms with Crippen molar-refractivity contribution in [2.45, 2.75) is 6.10 Å². The first-order valence-corrected chi connectivity index (χ1v) is 2.99. The quantitative estimate of drug-likeness (QED) is 0.244. The first-order valence-electron chi connectivity index (χ1n) is 2.99. The van der Waals surface area contributed by atoms with E-state index in [1.165, 1.54) is 6.08 Å². The Bertz CT molecular complexity index is 75.4. The van der Waals surface area contributed by atoms with E-state index < -0.39 is 6.10 Å². The van der Waals surface area contributed by atoms with Crippen LogP contribution in [0.3, 0.4) is 0 Å². The number of aliphatic hydroxyl groups excluding tert-OH is 3. The fourth-order valence-electron chi connectivity index (χ4n) is 0.139. The molecule has 0 saturated heterocycles. The molecule has 0 aliphatic heterocycles. The largest absolute Gasteiger partial charge is 0.394 e. The van der Waals surface area contributed by atoms with Crippen molar-refractivity contribution in [3.05, 3.63) is 12.7 Å². The monoisotopic (exact) mass is 166 g/mol. The molecule has 5 heteroatoms. The van der Waals surface area contributed by atoms with Gasteiger partial charge in [-0.25, -0.2) is 4.89 Å². The van der Waals surface area contributed by atoms with Crippen LogP contribution in [0.2, 0.25) is 0 Å². The van der Waals surface area contributed by atoms with Crippen molar-refractivity contribution >= 4 is 0 Å². The summed E-state index contributed by atoms with van der Waals surface area (Å²) in [4.78, 5) is 3.48. The first kappa shape index (κ1) is 13.2. The van der Waals surface area contributed by atoms with Crippen molar-refractivity contribution in [3.63, 3.8) is 0 Å². The van der Waals surface area contributed by atoms with Gasteiger partial charge >= 0.3 is 0 Å². The van der Waals surface area contributed by atoms with Crippen LogP contribution in [0.1, 0.15) is 0 Å². The molecule has 0 amide bonds. The molecule has 11 heavy (non-hydrogen) atoms. The van der Waals surface area contributed by atoms with Gasteiger partial charge in [0.1, 0.15) is 12.7 Å². The Morgan fingerprint density at radius 3 is 2.00 bits per heavy atom. The molecule has 0 fully saturated rings. The second-order valence-corrected chi connectivity index (χ2v) is 1.60. The van der Waals surface area contributed by atoms with Crippen LogP contribution in [0.15, 0.2) is 12.7 Å². The van der Waals surface area contributed by atoms with Crippen LogP contribution in [-0.2, 0) is 4.89 Å². The highest BCUT2D eigenvalue weighted by molar-refractivity contribution is 4.60. The van der Waals surface area contributed by atoms with Gasteiger partial charge in [-0.3, -0.25) is 5.26 Å². The third-order valence-electron chi connectivity index (χ3n) is 0.607. The summed E-state index contributed by atoms with van der Waals surface area (Å²) >= 11 is 0. The molecule has 0 aromatic heterocycles. The van der Waals surface area contributed by atoms with Gasteiger partial charge in [0.05, 0.1) is 13.2 Å². The zero-order valence-corrected chi connectivity index (χ0v) is 6.18. The topological polar surface area (TPSA) is 90.2 Å². The van der Waals surface area contributed by atoms with E-state index in [0.29, 0.717) is 0 Å². The average Bonchev–Trinajstić information content (AvgIpc) is 2.05. The van der Waals surface area contributed by atoms with Gasteiger partial charge in [0.15, 0.2) is 0 Å². The van der Waals surface area contributed by atoms with E-state index in [-0.39, 0.29) is 19.8 Å². The smallest absolute Gasteiger partial charge is 0.110 e.